The van der Waals surface area contributed by atoms with Crippen molar-refractivity contribution in [1.82, 2.24) is 0 Å². The Kier molecular flexibility index (Phi) is 61.1. The van der Waals surface area contributed by atoms with Crippen LogP contribution in [0.1, 0.15) is 361 Å². The summed E-state index contributed by atoms with van der Waals surface area (Å²) in [6.07, 6.45) is 77.3. The highest BCUT2D eigenvalue weighted by Gasteiger charge is 2.19. The fraction of sp³-hybridized carbons (Fsp3) is 0.868. The van der Waals surface area contributed by atoms with Crippen molar-refractivity contribution < 1.29 is 28.6 Å². The summed E-state index contributed by atoms with van der Waals surface area (Å²) >= 11 is 0. The SMILES string of the molecule is CCCCCCC/C=C\C/C=C\CCCCCCCCCCCCCCCCCC(=O)OCC(COC(=O)CCCCCCCCCCCCC)OC(=O)CCCCCCCCC/C=C\CCCCCCCCC. The first-order chi connectivity index (χ1) is 36.5. The van der Waals surface area contributed by atoms with Gasteiger partial charge in [-0.3, -0.25) is 14.4 Å². The standard InChI is InChI=1S/C68H126O6/c1-4-7-10-13-16-19-22-24-26-28-30-31-32-33-34-35-36-37-38-40-41-43-46-49-52-55-58-61-67(70)73-64-65(63-72-66(69)60-57-54-51-48-45-21-18-15-12-9-6-3)74-68(71)62-59-56-53-50-47-44-42-39-29-27-25-23-20-17-14-11-8-5-2/h22,24,27-30,65H,4-21,23,25-26,31-64H2,1-3H3/b24-22-,29-27-,30-28-. The molecule has 0 rings (SSSR count). The van der Waals surface area contributed by atoms with Crippen molar-refractivity contribution in [2.24, 2.45) is 0 Å². The molecule has 0 aromatic heterocycles. The molecule has 0 fully saturated rings. The largest absolute Gasteiger partial charge is 0.462 e. The van der Waals surface area contributed by atoms with E-state index in [1.807, 2.05) is 0 Å². The first-order valence-corrected chi connectivity index (χ1v) is 33.0. The van der Waals surface area contributed by atoms with Gasteiger partial charge in [0.1, 0.15) is 13.2 Å². The number of unbranched alkanes of at least 4 members (excludes halogenated alkanes) is 44. The van der Waals surface area contributed by atoms with Crippen LogP contribution in [-0.4, -0.2) is 37.2 Å². The summed E-state index contributed by atoms with van der Waals surface area (Å²) in [5.74, 6) is -0.851. The Balaban J connectivity index is 4.19. The lowest BCUT2D eigenvalue weighted by atomic mass is 10.0. The number of hydrogen-bond acceptors (Lipinski definition) is 6. The normalized spacial score (nSPS) is 12.2. The summed E-state index contributed by atoms with van der Waals surface area (Å²) in [7, 11) is 0. The molecule has 0 aromatic rings. The maximum Gasteiger partial charge on any atom is 0.306 e. The van der Waals surface area contributed by atoms with E-state index in [1.165, 1.54) is 257 Å². The predicted octanol–water partition coefficient (Wildman–Crippen LogP) is 22.4. The van der Waals surface area contributed by atoms with E-state index >= 15 is 0 Å². The molecule has 0 N–H and O–H groups in total. The number of rotatable bonds is 61. The van der Waals surface area contributed by atoms with Crippen molar-refractivity contribution in [1.29, 1.82) is 0 Å². The van der Waals surface area contributed by atoms with E-state index in [-0.39, 0.29) is 31.1 Å². The molecule has 1 unspecified atom stereocenters. The Labute approximate surface area is 461 Å². The van der Waals surface area contributed by atoms with Crippen LogP contribution in [0.2, 0.25) is 0 Å². The molecule has 0 radical (unpaired) electrons. The van der Waals surface area contributed by atoms with Crippen LogP contribution >= 0.6 is 0 Å². The number of esters is 3. The van der Waals surface area contributed by atoms with E-state index < -0.39 is 6.10 Å². The molecule has 0 saturated carbocycles. The van der Waals surface area contributed by atoms with Gasteiger partial charge >= 0.3 is 17.9 Å². The van der Waals surface area contributed by atoms with Crippen LogP contribution in [0.25, 0.3) is 0 Å². The molecule has 434 valence electrons. The van der Waals surface area contributed by atoms with Crippen molar-refractivity contribution in [3.63, 3.8) is 0 Å². The maximum atomic E-state index is 12.9. The monoisotopic (exact) mass is 1040 g/mol. The highest BCUT2D eigenvalue weighted by atomic mass is 16.6. The molecule has 0 saturated heterocycles. The fourth-order valence-electron chi connectivity index (χ4n) is 9.88. The number of ether oxygens (including phenoxy) is 3. The molecule has 6 nitrogen and oxygen atoms in total. The summed E-state index contributed by atoms with van der Waals surface area (Å²) < 4.78 is 16.9. The molecule has 0 aliphatic rings. The third kappa shape index (κ3) is 60.5. The molecule has 1 atom stereocenters. The predicted molar refractivity (Wildman–Crippen MR) is 321 cm³/mol. The lowest BCUT2D eigenvalue weighted by Gasteiger charge is -2.18. The van der Waals surface area contributed by atoms with Crippen molar-refractivity contribution in [3.05, 3.63) is 36.5 Å². The number of hydrogen-bond donors (Lipinski definition) is 0. The molecule has 0 spiro atoms. The second-order valence-corrected chi connectivity index (χ2v) is 22.4. The Morgan fingerprint density at radius 1 is 0.270 bits per heavy atom. The first kappa shape index (κ1) is 71.6. The minimum absolute atomic E-state index is 0.0690. The Morgan fingerprint density at radius 2 is 0.486 bits per heavy atom. The van der Waals surface area contributed by atoms with Crippen LogP contribution in [0.4, 0.5) is 0 Å². The van der Waals surface area contributed by atoms with E-state index in [0.29, 0.717) is 19.3 Å². The molecule has 0 aliphatic heterocycles. The molecule has 0 aromatic carbocycles. The molecule has 6 heteroatoms. The topological polar surface area (TPSA) is 78.9 Å². The van der Waals surface area contributed by atoms with Crippen LogP contribution < -0.4 is 0 Å². The average Bonchev–Trinajstić information content (AvgIpc) is 3.40. The van der Waals surface area contributed by atoms with Crippen LogP contribution in [0.15, 0.2) is 36.5 Å². The lowest BCUT2D eigenvalue weighted by molar-refractivity contribution is -0.167. The van der Waals surface area contributed by atoms with Gasteiger partial charge in [-0.25, -0.2) is 0 Å². The Morgan fingerprint density at radius 3 is 0.757 bits per heavy atom. The van der Waals surface area contributed by atoms with Gasteiger partial charge in [-0.15, -0.1) is 0 Å². The van der Waals surface area contributed by atoms with Gasteiger partial charge in [0.25, 0.3) is 0 Å². The summed E-state index contributed by atoms with van der Waals surface area (Å²) in [4.78, 5) is 38.3. The van der Waals surface area contributed by atoms with Crippen LogP contribution in [0, 0.1) is 0 Å². The van der Waals surface area contributed by atoms with Gasteiger partial charge in [-0.1, -0.05) is 301 Å². The first-order valence-electron chi connectivity index (χ1n) is 33.0. The van der Waals surface area contributed by atoms with Gasteiger partial charge in [0.05, 0.1) is 0 Å². The third-order valence-corrected chi connectivity index (χ3v) is 14.9. The van der Waals surface area contributed by atoms with Gasteiger partial charge in [-0.05, 0) is 77.0 Å². The summed E-state index contributed by atoms with van der Waals surface area (Å²) in [5, 5.41) is 0. The molecular weight excluding hydrogens is 913 g/mol. The molecular formula is C68H126O6. The highest BCUT2D eigenvalue weighted by molar-refractivity contribution is 5.71. The molecule has 0 amide bonds. The van der Waals surface area contributed by atoms with E-state index in [9.17, 15) is 14.4 Å². The maximum absolute atomic E-state index is 12.9. The van der Waals surface area contributed by atoms with E-state index in [2.05, 4.69) is 57.2 Å². The van der Waals surface area contributed by atoms with Crippen LogP contribution in [0.3, 0.4) is 0 Å². The smallest absolute Gasteiger partial charge is 0.306 e. The van der Waals surface area contributed by atoms with Gasteiger partial charge in [-0.2, -0.15) is 0 Å². The Hall–Kier alpha value is -2.37. The van der Waals surface area contributed by atoms with Gasteiger partial charge < -0.3 is 14.2 Å². The number of carbonyl (C=O) groups is 3. The highest BCUT2D eigenvalue weighted by Crippen LogP contribution is 2.17. The number of carbonyl (C=O) groups excluding carboxylic acids is 3. The van der Waals surface area contributed by atoms with E-state index in [0.717, 1.165) is 64.2 Å². The summed E-state index contributed by atoms with van der Waals surface area (Å²) in [5.41, 5.74) is 0. The Bertz CT molecular complexity index is 1240. The van der Waals surface area contributed by atoms with Crippen molar-refractivity contribution in [2.75, 3.05) is 13.2 Å². The number of allylic oxidation sites excluding steroid dienone is 6. The molecule has 0 aliphatic carbocycles. The minimum Gasteiger partial charge on any atom is -0.462 e. The lowest BCUT2D eigenvalue weighted by Crippen LogP contribution is -2.30. The zero-order valence-corrected chi connectivity index (χ0v) is 49.9. The van der Waals surface area contributed by atoms with Crippen molar-refractivity contribution >= 4 is 17.9 Å². The quantitative estimate of drug-likeness (QED) is 0.0261. The summed E-state index contributed by atoms with van der Waals surface area (Å²) in [6.45, 7) is 6.67. The fourth-order valence-corrected chi connectivity index (χ4v) is 9.88. The minimum atomic E-state index is -0.771. The molecule has 0 bridgehead atoms. The third-order valence-electron chi connectivity index (χ3n) is 14.9. The summed E-state index contributed by atoms with van der Waals surface area (Å²) in [6, 6.07) is 0. The van der Waals surface area contributed by atoms with E-state index in [1.54, 1.807) is 0 Å². The molecule has 0 heterocycles. The molecule has 74 heavy (non-hydrogen) atoms. The zero-order chi connectivity index (χ0) is 53.6. The second-order valence-electron chi connectivity index (χ2n) is 22.4. The van der Waals surface area contributed by atoms with Crippen LogP contribution in [0.5, 0.6) is 0 Å². The van der Waals surface area contributed by atoms with E-state index in [4.69, 9.17) is 14.2 Å². The second kappa shape index (κ2) is 63.2. The van der Waals surface area contributed by atoms with Crippen LogP contribution in [-0.2, 0) is 28.6 Å². The van der Waals surface area contributed by atoms with Gasteiger partial charge in [0.2, 0.25) is 0 Å². The average molecular weight is 1040 g/mol. The van der Waals surface area contributed by atoms with Gasteiger partial charge in [0.15, 0.2) is 6.10 Å². The zero-order valence-electron chi connectivity index (χ0n) is 49.9. The van der Waals surface area contributed by atoms with Crippen molar-refractivity contribution in [3.8, 4) is 0 Å². The van der Waals surface area contributed by atoms with Gasteiger partial charge in [0, 0.05) is 19.3 Å². The van der Waals surface area contributed by atoms with Crippen molar-refractivity contribution in [2.45, 2.75) is 367 Å².